The van der Waals surface area contributed by atoms with Gasteiger partial charge in [-0.05, 0) is 214 Å². The molecule has 0 bridgehead atoms. The lowest BCUT2D eigenvalue weighted by molar-refractivity contribution is -0.0576. The molecule has 0 aromatic rings. The van der Waals surface area contributed by atoms with E-state index in [1.54, 1.807) is 11.1 Å². The second-order valence-corrected chi connectivity index (χ2v) is 26.3. The first-order chi connectivity index (χ1) is 29.8. The number of allylic oxidation sites excluding steroid dienone is 2. The minimum atomic E-state index is -0.643. The summed E-state index contributed by atoms with van der Waals surface area (Å²) in [5.74, 6) is 12.3. The van der Waals surface area contributed by atoms with Crippen LogP contribution in [0.5, 0.6) is 0 Å². The highest BCUT2D eigenvalue weighted by Gasteiger charge is 2.61. The molecule has 0 aromatic heterocycles. The first kappa shape index (κ1) is 50.1. The van der Waals surface area contributed by atoms with E-state index in [-0.39, 0.29) is 12.2 Å². The van der Waals surface area contributed by atoms with Gasteiger partial charge in [0.1, 0.15) is 6.10 Å². The fourth-order valence-electron chi connectivity index (χ4n) is 18.8. The Morgan fingerprint density at radius 3 is 1.49 bits per heavy atom. The van der Waals surface area contributed by atoms with Crippen LogP contribution in [0.4, 0.5) is 4.79 Å². The summed E-state index contributed by atoms with van der Waals surface area (Å²) in [7, 11) is 0. The summed E-state index contributed by atoms with van der Waals surface area (Å²) < 4.78 is 5.40. The Bertz CT molecular complexity index is 1610. The van der Waals surface area contributed by atoms with E-state index in [0.29, 0.717) is 21.7 Å². The zero-order chi connectivity index (χ0) is 45.6. The Kier molecular flexibility index (Phi) is 15.9. The molecule has 4 heteroatoms. The third-order valence-electron chi connectivity index (χ3n) is 22.8. The van der Waals surface area contributed by atoms with Gasteiger partial charge in [0.05, 0.1) is 6.10 Å². The summed E-state index contributed by atoms with van der Waals surface area (Å²) in [5, 5.41) is 10.2. The highest BCUT2D eigenvalue weighted by Crippen LogP contribution is 2.69. The zero-order valence-corrected chi connectivity index (χ0v) is 43.8. The Labute approximate surface area is 394 Å². The molecular formula is C59H99ClO3. The zero-order valence-electron chi connectivity index (χ0n) is 43.1. The fourth-order valence-corrected chi connectivity index (χ4v) is 19.0. The van der Waals surface area contributed by atoms with Crippen molar-refractivity contribution in [3.05, 3.63) is 23.3 Å². The van der Waals surface area contributed by atoms with E-state index >= 15 is 0 Å². The average Bonchev–Trinajstić information content (AvgIpc) is 3.78. The third-order valence-corrected chi connectivity index (χ3v) is 22.9. The van der Waals surface area contributed by atoms with Crippen LogP contribution in [0.15, 0.2) is 23.3 Å². The van der Waals surface area contributed by atoms with Crippen molar-refractivity contribution in [1.82, 2.24) is 0 Å². The van der Waals surface area contributed by atoms with E-state index in [4.69, 9.17) is 16.3 Å². The molecule has 0 radical (unpaired) electrons. The number of halogens is 1. The molecule has 0 saturated heterocycles. The normalized spacial score (nSPS) is 43.6. The molecule has 360 valence electrons. The SMILES string of the molecule is CC[C@H](CC[C@@H](C)[C@H]1CC[C@H]2[C@@H]3CC=C4C[C@@H](O)CC[C@]4(C)[C@H]3CC[C@]12C)C(C)C.CC[C@H](CC[C@@H](C)[C@H]1CC[C@H]2[C@@H]3CC=C4C[C@@H](OC(=O)Cl)CC[C@]4(C)[C@H]3CC[C@]12C)C(C)C. The van der Waals surface area contributed by atoms with Gasteiger partial charge in [-0.1, -0.05) is 132 Å². The van der Waals surface area contributed by atoms with Crippen LogP contribution in [0, 0.1) is 105 Å². The van der Waals surface area contributed by atoms with Crippen LogP contribution in [0.3, 0.4) is 0 Å². The number of fused-ring (bicyclic) bond motifs is 10. The topological polar surface area (TPSA) is 46.5 Å². The highest BCUT2D eigenvalue weighted by atomic mass is 35.5. The van der Waals surface area contributed by atoms with Crippen molar-refractivity contribution in [2.45, 2.75) is 237 Å². The summed E-state index contributed by atoms with van der Waals surface area (Å²) in [4.78, 5) is 11.3. The lowest BCUT2D eigenvalue weighted by atomic mass is 9.47. The molecular weight excluding hydrogens is 792 g/mol. The molecule has 0 heterocycles. The van der Waals surface area contributed by atoms with Gasteiger partial charge in [0.2, 0.25) is 0 Å². The molecule has 8 aliphatic carbocycles. The molecule has 1 N–H and O–H groups in total. The number of ether oxygens (including phenoxy) is 1. The van der Waals surface area contributed by atoms with E-state index < -0.39 is 5.43 Å². The Hall–Kier alpha value is -0.800. The van der Waals surface area contributed by atoms with E-state index in [1.165, 1.54) is 109 Å². The average molecular weight is 892 g/mol. The van der Waals surface area contributed by atoms with Crippen molar-refractivity contribution in [3.8, 4) is 0 Å². The molecule has 0 amide bonds. The van der Waals surface area contributed by atoms with Crippen LogP contribution >= 0.6 is 11.6 Å². The van der Waals surface area contributed by atoms with Crippen LogP contribution < -0.4 is 0 Å². The molecule has 0 spiro atoms. The maximum absolute atomic E-state index is 11.3. The molecule has 6 fully saturated rings. The van der Waals surface area contributed by atoms with Crippen molar-refractivity contribution in [2.75, 3.05) is 0 Å². The molecule has 6 saturated carbocycles. The molecule has 63 heavy (non-hydrogen) atoms. The molecule has 18 atom stereocenters. The van der Waals surface area contributed by atoms with Crippen molar-refractivity contribution >= 4 is 17.0 Å². The van der Waals surface area contributed by atoms with Gasteiger partial charge in [0.15, 0.2) is 0 Å². The standard InChI is InChI=1S/C30H49ClO2.C29H50O/c1-7-21(19(2)3)9-8-20(4)25-12-13-26-24-11-10-22-18-23(33-28(31)32)14-16-29(22,5)27(24)15-17-30(25,26)6;1-7-21(19(2)3)9-8-20(4)25-12-13-26-24-11-10-22-18-23(30)14-16-28(22,5)27(24)15-17-29(25,26)6/h10,19-21,23-27H,7-9,11-18H2,1-6H3;10,19-21,23-27,30H,7-9,11-18H2,1-6H3/t20-,21-,23+,24+,25-,26+,27+,29+,30-;20-,21-,23+,24+,25-,26+,27+,28+,29-/m11/s1. The Morgan fingerprint density at radius 1 is 0.619 bits per heavy atom. The predicted molar refractivity (Wildman–Crippen MR) is 267 cm³/mol. The number of hydrogen-bond donors (Lipinski definition) is 1. The molecule has 0 aromatic carbocycles. The van der Waals surface area contributed by atoms with Crippen molar-refractivity contribution in [3.63, 3.8) is 0 Å². The molecule has 0 unspecified atom stereocenters. The first-order valence-electron chi connectivity index (χ1n) is 27.7. The summed E-state index contributed by atoms with van der Waals surface area (Å²) in [6.45, 7) is 30.1. The molecule has 8 rings (SSSR count). The van der Waals surface area contributed by atoms with Crippen molar-refractivity contribution in [1.29, 1.82) is 0 Å². The minimum absolute atomic E-state index is 0.0192. The summed E-state index contributed by atoms with van der Waals surface area (Å²) in [6.07, 6.45) is 33.7. The lowest BCUT2D eigenvalue weighted by Gasteiger charge is -2.58. The van der Waals surface area contributed by atoms with Crippen molar-refractivity contribution < 1.29 is 14.6 Å². The summed E-state index contributed by atoms with van der Waals surface area (Å²) in [6, 6.07) is 0. The van der Waals surface area contributed by atoms with Crippen LogP contribution in [-0.2, 0) is 4.74 Å². The predicted octanol–water partition coefficient (Wildman–Crippen LogP) is 17.4. The van der Waals surface area contributed by atoms with Gasteiger partial charge in [-0.2, -0.15) is 0 Å². The van der Waals surface area contributed by atoms with Gasteiger partial charge in [0.25, 0.3) is 0 Å². The van der Waals surface area contributed by atoms with Gasteiger partial charge >= 0.3 is 5.43 Å². The number of hydrogen-bond acceptors (Lipinski definition) is 3. The van der Waals surface area contributed by atoms with Crippen LogP contribution in [0.1, 0.15) is 224 Å². The van der Waals surface area contributed by atoms with E-state index in [1.807, 2.05) is 0 Å². The number of aliphatic hydroxyl groups excluding tert-OH is 1. The molecule has 0 aliphatic heterocycles. The van der Waals surface area contributed by atoms with Gasteiger partial charge in [-0.25, -0.2) is 4.79 Å². The van der Waals surface area contributed by atoms with E-state index in [0.717, 1.165) is 115 Å². The number of rotatable bonds is 13. The number of aliphatic hydroxyl groups is 1. The van der Waals surface area contributed by atoms with E-state index in [2.05, 4.69) is 95.2 Å². The van der Waals surface area contributed by atoms with Gasteiger partial charge in [0, 0.05) is 18.0 Å². The summed E-state index contributed by atoms with van der Waals surface area (Å²) >= 11 is 5.53. The smallest absolute Gasteiger partial charge is 0.404 e. The van der Waals surface area contributed by atoms with Gasteiger partial charge in [-0.3, -0.25) is 0 Å². The van der Waals surface area contributed by atoms with Crippen LogP contribution in [-0.4, -0.2) is 22.7 Å². The van der Waals surface area contributed by atoms with Gasteiger partial charge in [-0.15, -0.1) is 0 Å². The second-order valence-electron chi connectivity index (χ2n) is 26.0. The molecule has 8 aliphatic rings. The Balaban J connectivity index is 0.000000190. The number of carbonyl (C=O) groups excluding carboxylic acids is 1. The maximum atomic E-state index is 11.3. The lowest BCUT2D eigenvalue weighted by Crippen LogP contribution is -2.51. The number of carbonyl (C=O) groups is 1. The largest absolute Gasteiger partial charge is 0.450 e. The Morgan fingerprint density at radius 2 is 1.06 bits per heavy atom. The maximum Gasteiger partial charge on any atom is 0.404 e. The van der Waals surface area contributed by atoms with Crippen LogP contribution in [0.2, 0.25) is 0 Å². The summed E-state index contributed by atoms with van der Waals surface area (Å²) in [5.41, 5.74) is 4.34. The fraction of sp³-hybridized carbons (Fsp3) is 0.915. The van der Waals surface area contributed by atoms with Crippen molar-refractivity contribution in [2.24, 2.45) is 105 Å². The minimum Gasteiger partial charge on any atom is -0.450 e. The first-order valence-corrected chi connectivity index (χ1v) is 28.1. The van der Waals surface area contributed by atoms with E-state index in [9.17, 15) is 9.90 Å². The highest BCUT2D eigenvalue weighted by molar-refractivity contribution is 6.61. The quantitative estimate of drug-likeness (QED) is 0.148. The molecule has 3 nitrogen and oxygen atoms in total. The van der Waals surface area contributed by atoms with Crippen LogP contribution in [0.25, 0.3) is 0 Å². The monoisotopic (exact) mass is 891 g/mol. The second kappa shape index (κ2) is 20.0. The third kappa shape index (κ3) is 9.64. The van der Waals surface area contributed by atoms with Gasteiger partial charge < -0.3 is 9.84 Å².